The van der Waals surface area contributed by atoms with Gasteiger partial charge in [-0.3, -0.25) is 4.99 Å². The van der Waals surface area contributed by atoms with E-state index in [1.807, 2.05) is 19.2 Å². The number of hydrogen-bond donors (Lipinski definition) is 1. The van der Waals surface area contributed by atoms with Gasteiger partial charge >= 0.3 is 0 Å². The van der Waals surface area contributed by atoms with Crippen molar-refractivity contribution in [1.29, 1.82) is 0 Å². The van der Waals surface area contributed by atoms with Crippen LogP contribution < -0.4 is 10.2 Å². The van der Waals surface area contributed by atoms with E-state index in [-0.39, 0.29) is 24.0 Å². The average molecular weight is 524 g/mol. The third-order valence-corrected chi connectivity index (χ3v) is 5.00. The van der Waals surface area contributed by atoms with E-state index < -0.39 is 0 Å². The average Bonchev–Trinajstić information content (AvgIpc) is 2.80. The number of rotatable bonds is 9. The Bertz CT molecular complexity index is 723. The lowest BCUT2D eigenvalue weighted by atomic mass is 10.2. The number of nitrogens with one attached hydrogen (secondary N) is 1. The van der Waals surface area contributed by atoms with Gasteiger partial charge in [0.25, 0.3) is 0 Å². The van der Waals surface area contributed by atoms with Gasteiger partial charge < -0.3 is 19.9 Å². The molecule has 0 radical (unpaired) electrons. The number of aliphatic imine (C=N–C) groups is 1. The molecule has 3 rings (SSSR count). The van der Waals surface area contributed by atoms with E-state index in [9.17, 15) is 0 Å². The topological polar surface area (TPSA) is 65.9 Å². The minimum Gasteiger partial charge on any atom is -0.381 e. The standard InChI is InChI=1S/C22H32N6O.HI/c1-23-21(27-14-16-28(17-15-27)22-25-12-7-13-26-22)24-11-5-6-18-29-19-10-20-8-3-2-4-9-20;/h2-4,7-9,12-13H,5-6,10-11,14-19H2,1H3,(H,23,24);1H. The summed E-state index contributed by atoms with van der Waals surface area (Å²) in [6.45, 7) is 6.15. The van der Waals surface area contributed by atoms with E-state index in [0.29, 0.717) is 0 Å². The molecule has 0 aliphatic carbocycles. The summed E-state index contributed by atoms with van der Waals surface area (Å²) in [6, 6.07) is 12.3. The number of benzene rings is 1. The predicted molar refractivity (Wildman–Crippen MR) is 133 cm³/mol. The van der Waals surface area contributed by atoms with Gasteiger partial charge in [0, 0.05) is 58.8 Å². The lowest BCUT2D eigenvalue weighted by Crippen LogP contribution is -2.53. The third-order valence-electron chi connectivity index (χ3n) is 5.00. The zero-order chi connectivity index (χ0) is 20.2. The first-order chi connectivity index (χ1) is 14.4. The maximum absolute atomic E-state index is 5.76. The largest absolute Gasteiger partial charge is 0.381 e. The monoisotopic (exact) mass is 524 g/mol. The second-order valence-corrected chi connectivity index (χ2v) is 7.05. The number of aromatic nitrogens is 2. The molecule has 0 spiro atoms. The Labute approximate surface area is 197 Å². The van der Waals surface area contributed by atoms with Gasteiger partial charge in [-0.2, -0.15) is 0 Å². The van der Waals surface area contributed by atoms with Crippen LogP contribution in [-0.4, -0.2) is 73.8 Å². The van der Waals surface area contributed by atoms with Gasteiger partial charge in [0.15, 0.2) is 5.96 Å². The molecule has 2 aromatic rings. The molecule has 1 aromatic heterocycles. The van der Waals surface area contributed by atoms with Crippen molar-refractivity contribution in [2.75, 3.05) is 57.9 Å². The van der Waals surface area contributed by atoms with E-state index in [2.05, 4.69) is 54.3 Å². The van der Waals surface area contributed by atoms with Gasteiger partial charge in [0.1, 0.15) is 0 Å². The molecule has 0 bridgehead atoms. The number of anilines is 1. The molecule has 2 heterocycles. The first-order valence-electron chi connectivity index (χ1n) is 10.5. The van der Waals surface area contributed by atoms with E-state index in [4.69, 9.17) is 4.74 Å². The van der Waals surface area contributed by atoms with Crippen LogP contribution in [0.4, 0.5) is 5.95 Å². The molecule has 1 saturated heterocycles. The fourth-order valence-electron chi connectivity index (χ4n) is 3.37. The maximum atomic E-state index is 5.76. The molecule has 1 fully saturated rings. The van der Waals surface area contributed by atoms with Crippen molar-refractivity contribution in [3.63, 3.8) is 0 Å². The van der Waals surface area contributed by atoms with Crippen LogP contribution in [0.15, 0.2) is 53.8 Å². The lowest BCUT2D eigenvalue weighted by Gasteiger charge is -2.36. The summed E-state index contributed by atoms with van der Waals surface area (Å²) < 4.78 is 5.76. The van der Waals surface area contributed by atoms with Crippen LogP contribution in [0.3, 0.4) is 0 Å². The summed E-state index contributed by atoms with van der Waals surface area (Å²) in [5.74, 6) is 1.78. The summed E-state index contributed by atoms with van der Waals surface area (Å²) in [5.41, 5.74) is 1.33. The van der Waals surface area contributed by atoms with Gasteiger partial charge in [-0.05, 0) is 30.9 Å². The van der Waals surface area contributed by atoms with Crippen molar-refractivity contribution in [3.05, 3.63) is 54.4 Å². The highest BCUT2D eigenvalue weighted by Gasteiger charge is 2.20. The van der Waals surface area contributed by atoms with Gasteiger partial charge in [-0.25, -0.2) is 9.97 Å². The van der Waals surface area contributed by atoms with Gasteiger partial charge in [0.2, 0.25) is 5.95 Å². The molecule has 0 atom stereocenters. The fraction of sp³-hybridized carbons (Fsp3) is 0.500. The molecular formula is C22H33IN6O. The molecular weight excluding hydrogens is 491 g/mol. The number of unbranched alkanes of at least 4 members (excludes halogenated alkanes) is 1. The minimum atomic E-state index is 0. The molecule has 0 unspecified atom stereocenters. The molecule has 0 amide bonds. The number of piperazine rings is 1. The number of nitrogens with zero attached hydrogens (tertiary/aromatic N) is 5. The van der Waals surface area contributed by atoms with Crippen LogP contribution in [0.5, 0.6) is 0 Å². The minimum absolute atomic E-state index is 0. The number of guanidine groups is 1. The summed E-state index contributed by atoms with van der Waals surface area (Å²) in [4.78, 5) is 17.6. The fourth-order valence-corrected chi connectivity index (χ4v) is 3.37. The molecule has 164 valence electrons. The summed E-state index contributed by atoms with van der Waals surface area (Å²) in [6.07, 6.45) is 6.69. The summed E-state index contributed by atoms with van der Waals surface area (Å²) in [7, 11) is 1.85. The van der Waals surface area contributed by atoms with Crippen LogP contribution in [0, 0.1) is 0 Å². The normalized spacial score (nSPS) is 14.4. The van der Waals surface area contributed by atoms with Gasteiger partial charge in [0.05, 0.1) is 6.61 Å². The van der Waals surface area contributed by atoms with Gasteiger partial charge in [-0.1, -0.05) is 30.3 Å². The van der Waals surface area contributed by atoms with Gasteiger partial charge in [-0.15, -0.1) is 24.0 Å². The van der Waals surface area contributed by atoms with Crippen molar-refractivity contribution >= 4 is 35.9 Å². The third kappa shape index (κ3) is 8.06. The highest BCUT2D eigenvalue weighted by Crippen LogP contribution is 2.09. The second kappa shape index (κ2) is 14.1. The quantitative estimate of drug-likeness (QED) is 0.236. The molecule has 1 aromatic carbocycles. The molecule has 0 saturated carbocycles. The molecule has 1 N–H and O–H groups in total. The highest BCUT2D eigenvalue weighted by atomic mass is 127. The van der Waals surface area contributed by atoms with Crippen molar-refractivity contribution in [1.82, 2.24) is 20.2 Å². The Hall–Kier alpha value is -1.94. The lowest BCUT2D eigenvalue weighted by molar-refractivity contribution is 0.133. The van der Waals surface area contributed by atoms with Crippen LogP contribution in [0.25, 0.3) is 0 Å². The Morgan fingerprint density at radius 3 is 2.43 bits per heavy atom. The van der Waals surface area contributed by atoms with E-state index in [1.54, 1.807) is 12.4 Å². The summed E-state index contributed by atoms with van der Waals surface area (Å²) >= 11 is 0. The molecule has 1 aliphatic rings. The van der Waals surface area contributed by atoms with E-state index in [1.165, 1.54) is 5.56 Å². The molecule has 30 heavy (non-hydrogen) atoms. The van der Waals surface area contributed by atoms with Crippen LogP contribution in [0.1, 0.15) is 18.4 Å². The van der Waals surface area contributed by atoms with Crippen LogP contribution in [0.2, 0.25) is 0 Å². The predicted octanol–water partition coefficient (Wildman–Crippen LogP) is 2.83. The zero-order valence-electron chi connectivity index (χ0n) is 17.7. The van der Waals surface area contributed by atoms with Crippen LogP contribution >= 0.6 is 24.0 Å². The first-order valence-corrected chi connectivity index (χ1v) is 10.5. The van der Waals surface area contributed by atoms with E-state index in [0.717, 1.165) is 77.1 Å². The Kier molecular flexibility index (Phi) is 11.5. The number of ether oxygens (including phenoxy) is 1. The molecule has 1 aliphatic heterocycles. The first kappa shape index (κ1) is 24.3. The van der Waals surface area contributed by atoms with Crippen LogP contribution in [-0.2, 0) is 11.2 Å². The Morgan fingerprint density at radius 1 is 1.00 bits per heavy atom. The Morgan fingerprint density at radius 2 is 1.73 bits per heavy atom. The SMILES string of the molecule is CN=C(NCCCCOCCc1ccccc1)N1CCN(c2ncccn2)CC1.I. The Balaban J connectivity index is 0.00000320. The number of halogens is 1. The summed E-state index contributed by atoms with van der Waals surface area (Å²) in [5, 5.41) is 3.48. The smallest absolute Gasteiger partial charge is 0.225 e. The number of hydrogen-bond acceptors (Lipinski definition) is 5. The van der Waals surface area contributed by atoms with Crippen molar-refractivity contribution < 1.29 is 4.74 Å². The van der Waals surface area contributed by atoms with Crippen molar-refractivity contribution in [2.45, 2.75) is 19.3 Å². The van der Waals surface area contributed by atoms with Crippen molar-refractivity contribution in [3.8, 4) is 0 Å². The molecule has 7 nitrogen and oxygen atoms in total. The highest BCUT2D eigenvalue weighted by molar-refractivity contribution is 14.0. The van der Waals surface area contributed by atoms with Crippen molar-refractivity contribution in [2.24, 2.45) is 4.99 Å². The zero-order valence-corrected chi connectivity index (χ0v) is 20.1. The maximum Gasteiger partial charge on any atom is 0.225 e. The molecule has 8 heteroatoms. The second-order valence-electron chi connectivity index (χ2n) is 7.05. The van der Waals surface area contributed by atoms with E-state index >= 15 is 0 Å².